The zero-order valence-electron chi connectivity index (χ0n) is 18.4. The van der Waals surface area contributed by atoms with Gasteiger partial charge in [-0.25, -0.2) is 5.43 Å². The number of rotatable bonds is 13. The summed E-state index contributed by atoms with van der Waals surface area (Å²) in [6.07, 6.45) is -2.98. The average molecular weight is 836 g/mol. The van der Waals surface area contributed by atoms with Crippen molar-refractivity contribution in [2.45, 2.75) is 24.3 Å². The lowest BCUT2D eigenvalue weighted by Gasteiger charge is -2.33. The molecule has 0 aliphatic rings. The first-order chi connectivity index (χ1) is 16.5. The molecule has 4 unspecified atom stereocenters. The minimum absolute atomic E-state index is 0.00909. The number of nitrogens with two attached hydrogens (primary N) is 1. The van der Waals surface area contributed by atoms with E-state index in [4.69, 9.17) is 10.8 Å². The third-order valence-corrected chi connectivity index (χ3v) is 8.23. The summed E-state index contributed by atoms with van der Waals surface area (Å²) in [5.41, 5.74) is 7.86. The van der Waals surface area contributed by atoms with Gasteiger partial charge in [0.15, 0.2) is 5.78 Å². The van der Waals surface area contributed by atoms with Gasteiger partial charge in [0.1, 0.15) is 6.10 Å². The number of aliphatic hydroxyl groups excluding tert-OH is 6. The third-order valence-electron chi connectivity index (χ3n) is 5.00. The van der Waals surface area contributed by atoms with Gasteiger partial charge in [-0.05, 0) is 67.8 Å². The topological polar surface area (TPSA) is 226 Å². The molecule has 1 aromatic carbocycles. The number of carbonyl (C=O) groups excluding carboxylic acids is 3. The number of carbonyl (C=O) groups is 3. The van der Waals surface area contributed by atoms with Crippen LogP contribution in [0.15, 0.2) is 0 Å². The average Bonchev–Trinajstić information content (AvgIpc) is 2.84. The van der Waals surface area contributed by atoms with E-state index in [1.165, 1.54) is 7.05 Å². The second-order valence-electron chi connectivity index (χ2n) is 7.11. The van der Waals surface area contributed by atoms with Crippen LogP contribution in [-0.2, 0) is 0 Å². The van der Waals surface area contributed by atoms with Crippen LogP contribution in [0, 0.1) is 10.7 Å². The molecule has 35 heavy (non-hydrogen) atoms. The highest BCUT2D eigenvalue weighted by atomic mass is 127. The number of benzene rings is 1. The first kappa shape index (κ1) is 32.7. The Balaban J connectivity index is 3.83. The molecule has 13 nitrogen and oxygen atoms in total. The van der Waals surface area contributed by atoms with Crippen LogP contribution in [0.4, 0.5) is 0 Å². The van der Waals surface area contributed by atoms with Crippen molar-refractivity contribution in [2.24, 2.45) is 5.73 Å². The Labute approximate surface area is 241 Å². The number of halogens is 3. The van der Waals surface area contributed by atoms with Gasteiger partial charge in [-0.1, -0.05) is 0 Å². The molecule has 0 radical (unpaired) electrons. The summed E-state index contributed by atoms with van der Waals surface area (Å²) in [5, 5.41) is 60.9. The number of hydrogen-bond donors (Lipinski definition) is 9. The Kier molecular flexibility index (Phi) is 14.2. The normalized spacial score (nSPS) is 14.7. The maximum atomic E-state index is 13.6. The molecule has 0 fully saturated rings. The van der Waals surface area contributed by atoms with Gasteiger partial charge in [0.2, 0.25) is 0 Å². The molecular weight excluding hydrogens is 809 g/mol. The van der Waals surface area contributed by atoms with E-state index in [0.29, 0.717) is 0 Å². The van der Waals surface area contributed by atoms with E-state index in [-0.39, 0.29) is 27.4 Å². The van der Waals surface area contributed by atoms with Crippen molar-refractivity contribution in [1.82, 2.24) is 15.8 Å². The molecule has 0 aromatic heterocycles. The van der Waals surface area contributed by atoms with Gasteiger partial charge in [-0.3, -0.25) is 19.4 Å². The monoisotopic (exact) mass is 836 g/mol. The summed E-state index contributed by atoms with van der Waals surface area (Å²) in [6.45, 7) is -3.33. The lowest BCUT2D eigenvalue weighted by molar-refractivity contribution is -0.0214. The molecular formula is C19H27I3N4O9. The maximum Gasteiger partial charge on any atom is 0.270 e. The number of Topliss-reactive ketones (excluding diaryl/α,β-unsaturated/α-hetero) is 1. The molecule has 4 atom stereocenters. The van der Waals surface area contributed by atoms with Crippen LogP contribution < -0.4 is 16.5 Å². The van der Waals surface area contributed by atoms with Gasteiger partial charge in [-0.2, -0.15) is 0 Å². The molecule has 16 heteroatoms. The molecule has 0 saturated carbocycles. The summed E-state index contributed by atoms with van der Waals surface area (Å²) in [5.74, 6) is -2.23. The minimum Gasteiger partial charge on any atom is -0.394 e. The van der Waals surface area contributed by atoms with Crippen molar-refractivity contribution >= 4 is 85.4 Å². The van der Waals surface area contributed by atoms with Crippen LogP contribution >= 0.6 is 67.8 Å². The van der Waals surface area contributed by atoms with Crippen LogP contribution in [-0.4, -0.2) is 118 Å². The fourth-order valence-electron chi connectivity index (χ4n) is 3.06. The number of amides is 2. The van der Waals surface area contributed by atoms with Crippen molar-refractivity contribution in [3.05, 3.63) is 27.4 Å². The summed E-state index contributed by atoms with van der Waals surface area (Å²) >= 11 is 5.26. The summed E-state index contributed by atoms with van der Waals surface area (Å²) in [6, 6.07) is -2.51. The van der Waals surface area contributed by atoms with Crippen molar-refractivity contribution in [2.75, 3.05) is 40.0 Å². The third kappa shape index (κ3) is 7.39. The zero-order chi connectivity index (χ0) is 27.0. The first-order valence-electron chi connectivity index (χ1n) is 10.0. The first-order valence-corrected chi connectivity index (χ1v) is 13.3. The van der Waals surface area contributed by atoms with Gasteiger partial charge < -0.3 is 41.7 Å². The molecule has 0 saturated heterocycles. The van der Waals surface area contributed by atoms with Gasteiger partial charge in [0.05, 0.1) is 62.3 Å². The standard InChI is InChI=1S/C19H27I3N4O9/c1-24-26(8(4-28)11(33)6-30)19(35)14-16(21)12(9(31)2-23)15(20)13(17(14)22)18(34)25-7(3-27)10(32)5-29/h7-8,10-11,24,27-30,32-33H,2-6,23H2,1H3,(H,25,34). The molecule has 10 N–H and O–H groups in total. The van der Waals surface area contributed by atoms with Crippen LogP contribution in [0.1, 0.15) is 31.1 Å². The molecule has 0 spiro atoms. The van der Waals surface area contributed by atoms with Crippen LogP contribution in [0.5, 0.6) is 0 Å². The zero-order valence-corrected chi connectivity index (χ0v) is 24.9. The molecule has 198 valence electrons. The Morgan fingerprint density at radius 3 is 1.80 bits per heavy atom. The molecule has 0 bridgehead atoms. The van der Waals surface area contributed by atoms with E-state index in [1.807, 2.05) is 0 Å². The second-order valence-corrected chi connectivity index (χ2v) is 10.3. The Morgan fingerprint density at radius 2 is 1.37 bits per heavy atom. The van der Waals surface area contributed by atoms with Gasteiger partial charge in [-0.15, -0.1) is 0 Å². The lowest BCUT2D eigenvalue weighted by Crippen LogP contribution is -2.56. The molecule has 2 amide bonds. The van der Waals surface area contributed by atoms with Crippen LogP contribution in [0.2, 0.25) is 0 Å². The SMILES string of the molecule is CNN(C(=O)c1c(I)c(C(=O)CN)c(I)c(C(=O)NC(CO)C(O)CO)c1I)C(CO)C(O)CO. The predicted octanol–water partition coefficient (Wildman–Crippen LogP) is -2.62. The van der Waals surface area contributed by atoms with Crippen molar-refractivity contribution in [3.63, 3.8) is 0 Å². The van der Waals surface area contributed by atoms with Crippen molar-refractivity contribution < 1.29 is 45.0 Å². The molecule has 0 aliphatic carbocycles. The van der Waals surface area contributed by atoms with E-state index < -0.39 is 74.9 Å². The molecule has 0 heterocycles. The number of hydrazine groups is 1. The van der Waals surface area contributed by atoms with E-state index in [1.54, 1.807) is 67.8 Å². The molecule has 0 aliphatic heterocycles. The molecule has 1 rings (SSSR count). The molecule has 1 aromatic rings. The van der Waals surface area contributed by atoms with Crippen molar-refractivity contribution in [3.8, 4) is 0 Å². The van der Waals surface area contributed by atoms with E-state index in [9.17, 15) is 39.9 Å². The number of nitrogens with one attached hydrogen (secondary N) is 2. The highest BCUT2D eigenvalue weighted by Gasteiger charge is 2.36. The number of nitrogens with zero attached hydrogens (tertiary/aromatic N) is 1. The van der Waals surface area contributed by atoms with Crippen molar-refractivity contribution in [1.29, 1.82) is 0 Å². The lowest BCUT2D eigenvalue weighted by atomic mass is 10.00. The number of aliphatic hydroxyl groups is 6. The fourth-order valence-corrected chi connectivity index (χ4v) is 7.78. The quantitative estimate of drug-likeness (QED) is 0.0568. The van der Waals surface area contributed by atoms with Crippen LogP contribution in [0.25, 0.3) is 0 Å². The Hall–Kier alpha value is -0.300. The van der Waals surface area contributed by atoms with Gasteiger partial charge in [0.25, 0.3) is 11.8 Å². The summed E-state index contributed by atoms with van der Waals surface area (Å²) < 4.78 is 0.428. The smallest absolute Gasteiger partial charge is 0.270 e. The predicted molar refractivity (Wildman–Crippen MR) is 149 cm³/mol. The fraction of sp³-hybridized carbons (Fsp3) is 0.526. The van der Waals surface area contributed by atoms with Gasteiger partial charge in [0, 0.05) is 23.3 Å². The van der Waals surface area contributed by atoms with E-state index in [0.717, 1.165) is 5.01 Å². The van der Waals surface area contributed by atoms with E-state index in [2.05, 4.69) is 10.7 Å². The van der Waals surface area contributed by atoms with Gasteiger partial charge >= 0.3 is 0 Å². The number of ketones is 1. The number of hydrogen-bond acceptors (Lipinski definition) is 11. The maximum absolute atomic E-state index is 13.6. The highest BCUT2D eigenvalue weighted by molar-refractivity contribution is 14.1. The second kappa shape index (κ2) is 15.2. The Morgan fingerprint density at radius 1 is 0.857 bits per heavy atom. The summed E-state index contributed by atoms with van der Waals surface area (Å²) in [7, 11) is 1.35. The van der Waals surface area contributed by atoms with Crippen LogP contribution in [0.3, 0.4) is 0 Å². The largest absolute Gasteiger partial charge is 0.394 e. The minimum atomic E-state index is -1.51. The summed E-state index contributed by atoms with van der Waals surface area (Å²) in [4.78, 5) is 39.5. The Bertz CT molecular complexity index is 938. The highest BCUT2D eigenvalue weighted by Crippen LogP contribution is 2.33. The van der Waals surface area contributed by atoms with E-state index >= 15 is 0 Å².